The molecule has 22 heavy (non-hydrogen) atoms. The fraction of sp³-hybridized carbons (Fsp3) is 0.529. The van der Waals surface area contributed by atoms with E-state index in [0.29, 0.717) is 24.1 Å². The van der Waals surface area contributed by atoms with Gasteiger partial charge in [0, 0.05) is 12.7 Å². The molecular weight excluding hydrogens is 283 g/mol. The molecule has 0 saturated carbocycles. The first-order chi connectivity index (χ1) is 10.5. The van der Waals surface area contributed by atoms with Crippen molar-refractivity contribution < 1.29 is 14.3 Å². The van der Waals surface area contributed by atoms with E-state index < -0.39 is 11.5 Å². The molecule has 0 bridgehead atoms. The second-order valence-corrected chi connectivity index (χ2v) is 5.95. The van der Waals surface area contributed by atoms with E-state index in [1.54, 1.807) is 6.92 Å². The summed E-state index contributed by atoms with van der Waals surface area (Å²) in [6.45, 7) is 2.07. The summed E-state index contributed by atoms with van der Waals surface area (Å²) < 4.78 is 12.9. The zero-order chi connectivity index (χ0) is 16.0. The van der Waals surface area contributed by atoms with E-state index in [0.717, 1.165) is 32.1 Å². The zero-order valence-electron chi connectivity index (χ0n) is 12.9. The first-order valence-corrected chi connectivity index (χ1v) is 7.78. The van der Waals surface area contributed by atoms with Crippen LogP contribution in [0.1, 0.15) is 54.4 Å². The Morgan fingerprint density at radius 1 is 1.41 bits per heavy atom. The molecule has 1 aromatic rings. The molecule has 0 radical (unpaired) electrons. The average Bonchev–Trinajstić information content (AvgIpc) is 2.43. The number of carbonyl (C=O) groups is 1. The van der Waals surface area contributed by atoms with Gasteiger partial charge in [-0.3, -0.25) is 4.79 Å². The molecule has 1 amide bonds. The number of hydrogen-bond acceptors (Lipinski definition) is 3. The summed E-state index contributed by atoms with van der Waals surface area (Å²) in [5.74, 6) is -0.870. The van der Waals surface area contributed by atoms with Gasteiger partial charge in [0.15, 0.2) is 0 Å². The van der Waals surface area contributed by atoms with Crippen molar-refractivity contribution in [3.63, 3.8) is 0 Å². The van der Waals surface area contributed by atoms with Crippen molar-refractivity contribution in [2.24, 2.45) is 0 Å². The fourth-order valence-corrected chi connectivity index (χ4v) is 2.78. The van der Waals surface area contributed by atoms with Crippen LogP contribution >= 0.6 is 0 Å². The van der Waals surface area contributed by atoms with Gasteiger partial charge in [0.05, 0.1) is 11.2 Å². The summed E-state index contributed by atoms with van der Waals surface area (Å²) in [5, 5.41) is 13.4. The van der Waals surface area contributed by atoms with E-state index >= 15 is 0 Å². The van der Waals surface area contributed by atoms with Crippen LogP contribution in [-0.2, 0) is 0 Å². The van der Waals surface area contributed by atoms with Crippen LogP contribution in [0.25, 0.3) is 0 Å². The Morgan fingerprint density at radius 3 is 2.95 bits per heavy atom. The van der Waals surface area contributed by atoms with Crippen molar-refractivity contribution in [1.82, 2.24) is 10.3 Å². The number of carbonyl (C=O) groups excluding carboxylic acids is 1. The summed E-state index contributed by atoms with van der Waals surface area (Å²) in [4.78, 5) is 15.6. The molecule has 0 spiro atoms. The highest BCUT2D eigenvalue weighted by molar-refractivity contribution is 5.95. The second-order valence-electron chi connectivity index (χ2n) is 5.95. The van der Waals surface area contributed by atoms with Gasteiger partial charge in [-0.1, -0.05) is 12.2 Å². The number of aromatic nitrogens is 1. The zero-order valence-corrected chi connectivity index (χ0v) is 12.9. The van der Waals surface area contributed by atoms with Gasteiger partial charge in [0.2, 0.25) is 5.95 Å². The Kier molecular flexibility index (Phi) is 5.66. The number of aliphatic hydroxyl groups is 1. The van der Waals surface area contributed by atoms with Crippen molar-refractivity contribution in [2.45, 2.75) is 51.0 Å². The van der Waals surface area contributed by atoms with E-state index in [2.05, 4.69) is 22.5 Å². The number of halogens is 1. The molecule has 0 saturated heterocycles. The molecule has 120 valence electrons. The SMILES string of the molecule is Cc1cc(F)ncc1C(=O)NCC[C@@]1(O)CC/C=C\CCC1. The van der Waals surface area contributed by atoms with Crippen LogP contribution < -0.4 is 5.32 Å². The van der Waals surface area contributed by atoms with Gasteiger partial charge in [0.25, 0.3) is 5.91 Å². The number of hydrogen-bond donors (Lipinski definition) is 2. The maximum Gasteiger partial charge on any atom is 0.253 e. The Hall–Kier alpha value is -1.75. The van der Waals surface area contributed by atoms with Crippen LogP contribution in [0.2, 0.25) is 0 Å². The van der Waals surface area contributed by atoms with Crippen molar-refractivity contribution in [2.75, 3.05) is 6.54 Å². The second kappa shape index (κ2) is 7.49. The quantitative estimate of drug-likeness (QED) is 0.664. The van der Waals surface area contributed by atoms with Gasteiger partial charge >= 0.3 is 0 Å². The van der Waals surface area contributed by atoms with E-state index in [1.165, 1.54) is 12.3 Å². The molecule has 1 aromatic heterocycles. The third-order valence-corrected chi connectivity index (χ3v) is 4.15. The lowest BCUT2D eigenvalue weighted by molar-refractivity contribution is 0.0132. The first-order valence-electron chi connectivity index (χ1n) is 7.78. The van der Waals surface area contributed by atoms with Gasteiger partial charge in [-0.15, -0.1) is 0 Å². The van der Waals surface area contributed by atoms with Crippen LogP contribution in [0.5, 0.6) is 0 Å². The summed E-state index contributed by atoms with van der Waals surface area (Å²) in [5.41, 5.74) is 0.211. The van der Waals surface area contributed by atoms with Crippen LogP contribution in [0.15, 0.2) is 24.4 Å². The van der Waals surface area contributed by atoms with E-state index in [4.69, 9.17) is 0 Å². The minimum atomic E-state index is -0.714. The molecule has 2 rings (SSSR count). The summed E-state index contributed by atoms with van der Waals surface area (Å²) >= 11 is 0. The lowest BCUT2D eigenvalue weighted by atomic mass is 9.86. The number of nitrogens with zero attached hydrogens (tertiary/aromatic N) is 1. The highest BCUT2D eigenvalue weighted by Gasteiger charge is 2.26. The monoisotopic (exact) mass is 306 g/mol. The van der Waals surface area contributed by atoms with Crippen molar-refractivity contribution in [3.8, 4) is 0 Å². The predicted molar refractivity (Wildman–Crippen MR) is 83.1 cm³/mol. The lowest BCUT2D eigenvalue weighted by Gasteiger charge is -2.29. The number of rotatable bonds is 4. The highest BCUT2D eigenvalue weighted by atomic mass is 19.1. The van der Waals surface area contributed by atoms with E-state index in [9.17, 15) is 14.3 Å². The number of nitrogens with one attached hydrogen (secondary N) is 1. The summed E-state index contributed by atoms with van der Waals surface area (Å²) in [7, 11) is 0. The standard InChI is InChI=1S/C17H23FN2O2/c1-13-11-15(18)20-12-14(13)16(21)19-10-9-17(22)7-5-3-2-4-6-8-17/h2-3,11-12,22H,4-10H2,1H3,(H,19,21)/b3-2-/t17-/m1/s1. The van der Waals surface area contributed by atoms with Gasteiger partial charge in [-0.05, 0) is 57.1 Å². The first kappa shape index (κ1) is 16.6. The minimum absolute atomic E-state index is 0.278. The van der Waals surface area contributed by atoms with Crippen LogP contribution in [0.4, 0.5) is 4.39 Å². The average molecular weight is 306 g/mol. The largest absolute Gasteiger partial charge is 0.390 e. The maximum atomic E-state index is 12.9. The summed E-state index contributed by atoms with van der Waals surface area (Å²) in [6, 6.07) is 1.24. The molecule has 1 atom stereocenters. The molecular formula is C17H23FN2O2. The normalized spacial score (nSPS) is 23.4. The van der Waals surface area contributed by atoms with Crippen molar-refractivity contribution in [3.05, 3.63) is 41.5 Å². The molecule has 0 unspecified atom stereocenters. The Labute approximate surface area is 130 Å². The lowest BCUT2D eigenvalue weighted by Crippen LogP contribution is -2.35. The molecule has 1 aliphatic rings. The fourth-order valence-electron chi connectivity index (χ4n) is 2.78. The molecule has 0 aromatic carbocycles. The van der Waals surface area contributed by atoms with Crippen LogP contribution in [-0.4, -0.2) is 28.1 Å². The van der Waals surface area contributed by atoms with Crippen molar-refractivity contribution >= 4 is 5.91 Å². The Morgan fingerprint density at radius 2 is 2.18 bits per heavy atom. The molecule has 4 nitrogen and oxygen atoms in total. The van der Waals surface area contributed by atoms with Crippen LogP contribution in [0.3, 0.4) is 0 Å². The molecule has 5 heteroatoms. The molecule has 0 fully saturated rings. The Balaban J connectivity index is 1.87. The van der Waals surface area contributed by atoms with E-state index in [1.807, 2.05) is 0 Å². The molecule has 1 heterocycles. The number of aryl methyl sites for hydroxylation is 1. The number of allylic oxidation sites excluding steroid dienone is 2. The third kappa shape index (κ3) is 4.63. The number of pyridine rings is 1. The maximum absolute atomic E-state index is 12.9. The van der Waals surface area contributed by atoms with Crippen molar-refractivity contribution in [1.29, 1.82) is 0 Å². The molecule has 2 N–H and O–H groups in total. The third-order valence-electron chi connectivity index (χ3n) is 4.15. The van der Waals surface area contributed by atoms with Gasteiger partial charge in [-0.2, -0.15) is 4.39 Å². The smallest absolute Gasteiger partial charge is 0.253 e. The highest BCUT2D eigenvalue weighted by Crippen LogP contribution is 2.26. The van der Waals surface area contributed by atoms with E-state index in [-0.39, 0.29) is 5.91 Å². The minimum Gasteiger partial charge on any atom is -0.390 e. The molecule has 0 aliphatic heterocycles. The number of amides is 1. The van der Waals surface area contributed by atoms with Gasteiger partial charge in [-0.25, -0.2) is 4.98 Å². The van der Waals surface area contributed by atoms with Crippen LogP contribution in [0, 0.1) is 12.9 Å². The predicted octanol–water partition coefficient (Wildman–Crippen LogP) is 2.90. The summed E-state index contributed by atoms with van der Waals surface area (Å²) in [6.07, 6.45) is 10.3. The molecule has 1 aliphatic carbocycles. The van der Waals surface area contributed by atoms with Gasteiger partial charge < -0.3 is 10.4 Å². The Bertz CT molecular complexity index is 560. The topological polar surface area (TPSA) is 62.2 Å². The van der Waals surface area contributed by atoms with Gasteiger partial charge in [0.1, 0.15) is 0 Å².